The zero-order valence-electron chi connectivity index (χ0n) is 21.0. The molecule has 0 saturated carbocycles. The van der Waals surface area contributed by atoms with Crippen molar-refractivity contribution in [1.82, 2.24) is 24.5 Å². The van der Waals surface area contributed by atoms with E-state index >= 15 is 0 Å². The molecular weight excluding hydrogens is 481 g/mol. The standard InChI is InChI=1S/C29H24FN7O/c1-17-6-4-8-22(14-17)37-28(36-24-9-5-7-18(2)25(24)29(37)38)19(3)35-27-23(26(31)33-16-34-27)13-12-21-11-10-20(30)15-32-21/h4-11,14-16,19H,1-3H3,(H3,31,33,34,35). The average Bonchev–Trinajstić information content (AvgIpc) is 2.89. The van der Waals surface area contributed by atoms with Crippen LogP contribution in [0, 0.1) is 31.5 Å². The molecule has 0 aliphatic rings. The number of nitrogens with two attached hydrogens (primary N) is 1. The molecule has 8 nitrogen and oxygen atoms in total. The second-order valence-corrected chi connectivity index (χ2v) is 8.88. The van der Waals surface area contributed by atoms with Crippen LogP contribution in [-0.2, 0) is 0 Å². The van der Waals surface area contributed by atoms with Crippen molar-refractivity contribution >= 4 is 22.5 Å². The molecular formula is C29H24FN7O. The van der Waals surface area contributed by atoms with E-state index in [0.29, 0.717) is 39.5 Å². The molecule has 3 aromatic heterocycles. The van der Waals surface area contributed by atoms with Gasteiger partial charge in [-0.1, -0.05) is 30.2 Å². The molecule has 0 amide bonds. The number of hydrogen-bond acceptors (Lipinski definition) is 7. The van der Waals surface area contributed by atoms with Crippen LogP contribution in [0.25, 0.3) is 16.6 Å². The minimum atomic E-state index is -0.480. The van der Waals surface area contributed by atoms with Gasteiger partial charge in [0.1, 0.15) is 40.9 Å². The van der Waals surface area contributed by atoms with Crippen LogP contribution < -0.4 is 16.6 Å². The van der Waals surface area contributed by atoms with Crippen LogP contribution in [0.3, 0.4) is 0 Å². The summed E-state index contributed by atoms with van der Waals surface area (Å²) in [5.41, 5.74) is 9.87. The molecule has 3 heterocycles. The molecule has 0 saturated heterocycles. The smallest absolute Gasteiger partial charge is 0.266 e. The van der Waals surface area contributed by atoms with Crippen molar-refractivity contribution < 1.29 is 4.39 Å². The Morgan fingerprint density at radius 2 is 1.84 bits per heavy atom. The van der Waals surface area contributed by atoms with E-state index in [9.17, 15) is 9.18 Å². The number of fused-ring (bicyclic) bond motifs is 1. The molecule has 0 aliphatic carbocycles. The lowest BCUT2D eigenvalue weighted by atomic mass is 10.1. The SMILES string of the molecule is Cc1cccc(-n2c(C(C)Nc3ncnc(N)c3C#Cc3ccc(F)cn3)nc3cccc(C)c3c2=O)c1. The van der Waals surface area contributed by atoms with Gasteiger partial charge in [-0.2, -0.15) is 0 Å². The minimum absolute atomic E-state index is 0.160. The number of nitrogens with zero attached hydrogens (tertiary/aromatic N) is 5. The highest BCUT2D eigenvalue weighted by Gasteiger charge is 2.21. The average molecular weight is 506 g/mol. The van der Waals surface area contributed by atoms with E-state index in [1.54, 1.807) is 4.57 Å². The maximum atomic E-state index is 13.8. The zero-order valence-corrected chi connectivity index (χ0v) is 21.0. The largest absolute Gasteiger partial charge is 0.382 e. The number of aryl methyl sites for hydroxylation is 2. The van der Waals surface area contributed by atoms with E-state index in [2.05, 4.69) is 32.1 Å². The predicted molar refractivity (Wildman–Crippen MR) is 145 cm³/mol. The summed E-state index contributed by atoms with van der Waals surface area (Å²) in [5.74, 6) is 6.39. The van der Waals surface area contributed by atoms with Crippen molar-refractivity contribution in [2.45, 2.75) is 26.8 Å². The maximum absolute atomic E-state index is 13.8. The maximum Gasteiger partial charge on any atom is 0.266 e. The van der Waals surface area contributed by atoms with Gasteiger partial charge in [0, 0.05) is 0 Å². The molecule has 3 N–H and O–H groups in total. The van der Waals surface area contributed by atoms with E-state index in [-0.39, 0.29) is 11.4 Å². The third kappa shape index (κ3) is 4.80. The first-order valence-corrected chi connectivity index (χ1v) is 11.9. The summed E-state index contributed by atoms with van der Waals surface area (Å²) in [6.45, 7) is 5.75. The summed E-state index contributed by atoms with van der Waals surface area (Å²) in [7, 11) is 0. The molecule has 0 bridgehead atoms. The lowest BCUT2D eigenvalue weighted by Crippen LogP contribution is -2.28. The highest BCUT2D eigenvalue weighted by atomic mass is 19.1. The van der Waals surface area contributed by atoms with Crippen molar-refractivity contribution in [2.75, 3.05) is 11.1 Å². The number of halogens is 1. The molecule has 0 spiro atoms. The fraction of sp³-hybridized carbons (Fsp3) is 0.138. The van der Waals surface area contributed by atoms with Gasteiger partial charge in [-0.05, 0) is 68.2 Å². The first-order chi connectivity index (χ1) is 18.3. The van der Waals surface area contributed by atoms with Gasteiger partial charge in [0.25, 0.3) is 5.56 Å². The van der Waals surface area contributed by atoms with E-state index < -0.39 is 11.9 Å². The Bertz CT molecular complexity index is 1790. The molecule has 1 unspecified atom stereocenters. The molecule has 9 heteroatoms. The van der Waals surface area contributed by atoms with E-state index in [1.165, 1.54) is 18.5 Å². The zero-order chi connectivity index (χ0) is 26.8. The first-order valence-electron chi connectivity index (χ1n) is 11.9. The first kappa shape index (κ1) is 24.6. The van der Waals surface area contributed by atoms with Crippen LogP contribution in [0.4, 0.5) is 16.0 Å². The van der Waals surface area contributed by atoms with Crippen LogP contribution in [-0.4, -0.2) is 24.5 Å². The molecule has 5 rings (SSSR count). The van der Waals surface area contributed by atoms with E-state index in [4.69, 9.17) is 10.7 Å². The Hall–Kier alpha value is -5.10. The summed E-state index contributed by atoms with van der Waals surface area (Å²) in [5, 5.41) is 3.87. The van der Waals surface area contributed by atoms with Crippen molar-refractivity contribution in [1.29, 1.82) is 0 Å². The van der Waals surface area contributed by atoms with Gasteiger partial charge < -0.3 is 11.1 Å². The third-order valence-electron chi connectivity index (χ3n) is 6.05. The summed E-state index contributed by atoms with van der Waals surface area (Å²) < 4.78 is 14.8. The number of hydrogen-bond donors (Lipinski definition) is 2. The van der Waals surface area contributed by atoms with Crippen molar-refractivity contribution in [2.24, 2.45) is 0 Å². The van der Waals surface area contributed by atoms with Gasteiger partial charge in [-0.25, -0.2) is 24.3 Å². The van der Waals surface area contributed by atoms with Gasteiger partial charge in [-0.3, -0.25) is 9.36 Å². The molecule has 38 heavy (non-hydrogen) atoms. The fourth-order valence-corrected chi connectivity index (χ4v) is 4.20. The Morgan fingerprint density at radius 3 is 2.61 bits per heavy atom. The number of nitrogens with one attached hydrogen (secondary N) is 1. The van der Waals surface area contributed by atoms with Gasteiger partial charge >= 0.3 is 0 Å². The molecule has 0 aliphatic heterocycles. The van der Waals surface area contributed by atoms with Crippen molar-refractivity contribution in [3.63, 3.8) is 0 Å². The van der Waals surface area contributed by atoms with Gasteiger partial charge in [0.05, 0.1) is 28.8 Å². The van der Waals surface area contributed by atoms with Crippen LogP contribution in [0.5, 0.6) is 0 Å². The summed E-state index contributed by atoms with van der Waals surface area (Å²) in [4.78, 5) is 31.1. The Balaban J connectivity index is 1.62. The normalized spacial score (nSPS) is 11.6. The molecule has 0 fully saturated rings. The lowest BCUT2D eigenvalue weighted by molar-refractivity contribution is 0.621. The fourth-order valence-electron chi connectivity index (χ4n) is 4.20. The van der Waals surface area contributed by atoms with Crippen LogP contribution in [0.1, 0.15) is 41.2 Å². The summed E-state index contributed by atoms with van der Waals surface area (Å²) in [6.07, 6.45) is 2.42. The molecule has 2 aromatic carbocycles. The van der Waals surface area contributed by atoms with Crippen molar-refractivity contribution in [3.8, 4) is 17.5 Å². The Labute approximate surface area is 218 Å². The van der Waals surface area contributed by atoms with E-state index in [1.807, 2.05) is 63.2 Å². The van der Waals surface area contributed by atoms with Crippen LogP contribution in [0.2, 0.25) is 0 Å². The van der Waals surface area contributed by atoms with Crippen LogP contribution in [0.15, 0.2) is 71.9 Å². The highest BCUT2D eigenvalue weighted by Crippen LogP contribution is 2.25. The van der Waals surface area contributed by atoms with Gasteiger partial charge in [0.2, 0.25) is 0 Å². The molecule has 1 atom stereocenters. The number of aromatic nitrogens is 5. The minimum Gasteiger partial charge on any atom is -0.382 e. The van der Waals surface area contributed by atoms with Gasteiger partial charge in [0.15, 0.2) is 0 Å². The van der Waals surface area contributed by atoms with E-state index in [0.717, 1.165) is 17.3 Å². The number of anilines is 2. The van der Waals surface area contributed by atoms with Crippen molar-refractivity contribution in [3.05, 3.63) is 112 Å². The third-order valence-corrected chi connectivity index (χ3v) is 6.05. The molecule has 0 radical (unpaired) electrons. The summed E-state index contributed by atoms with van der Waals surface area (Å²) in [6, 6.07) is 15.6. The highest BCUT2D eigenvalue weighted by molar-refractivity contribution is 5.81. The second-order valence-electron chi connectivity index (χ2n) is 8.88. The monoisotopic (exact) mass is 505 g/mol. The number of rotatable bonds is 4. The Morgan fingerprint density at radius 1 is 1.03 bits per heavy atom. The predicted octanol–water partition coefficient (Wildman–Crippen LogP) is 4.48. The Kier molecular flexibility index (Phi) is 6.54. The van der Waals surface area contributed by atoms with Crippen LogP contribution >= 0.6 is 0 Å². The second kappa shape index (κ2) is 10.1. The number of benzene rings is 2. The lowest BCUT2D eigenvalue weighted by Gasteiger charge is -2.21. The molecule has 188 valence electrons. The molecule has 5 aromatic rings. The van der Waals surface area contributed by atoms with Gasteiger partial charge in [-0.15, -0.1) is 0 Å². The quantitative estimate of drug-likeness (QED) is 0.346. The number of nitrogen functional groups attached to an aromatic ring is 1. The number of pyridine rings is 1. The topological polar surface area (TPSA) is 112 Å². The summed E-state index contributed by atoms with van der Waals surface area (Å²) >= 11 is 0.